The van der Waals surface area contributed by atoms with Crippen molar-refractivity contribution in [3.05, 3.63) is 0 Å². The molecular formula is C9H22OSi. The van der Waals surface area contributed by atoms with E-state index in [2.05, 4.69) is 27.7 Å². The average Bonchev–Trinajstić information content (AvgIpc) is 1.88. The second-order valence-corrected chi connectivity index (χ2v) is 8.12. The predicted octanol–water partition coefficient (Wildman–Crippen LogP) is 3.15. The van der Waals surface area contributed by atoms with Crippen LogP contribution in [0.2, 0.25) is 17.6 Å². The Kier molecular flexibility index (Phi) is 5.02. The molecule has 0 aliphatic heterocycles. The molecule has 0 aromatic heterocycles. The van der Waals surface area contributed by atoms with Gasteiger partial charge in [0, 0.05) is 0 Å². The number of hydrogen-bond acceptors (Lipinski definition) is 1. The van der Waals surface area contributed by atoms with Gasteiger partial charge in [0.25, 0.3) is 0 Å². The van der Waals surface area contributed by atoms with Crippen LogP contribution < -0.4 is 0 Å². The quantitative estimate of drug-likeness (QED) is 0.635. The summed E-state index contributed by atoms with van der Waals surface area (Å²) in [7, 11) is -1.83. The molecule has 0 aromatic rings. The first-order valence-corrected chi connectivity index (χ1v) is 7.23. The highest BCUT2D eigenvalue weighted by molar-refractivity contribution is 6.73. The van der Waals surface area contributed by atoms with Gasteiger partial charge in [-0.15, -0.1) is 0 Å². The van der Waals surface area contributed by atoms with E-state index >= 15 is 0 Å². The van der Waals surface area contributed by atoms with Gasteiger partial charge in [0.2, 0.25) is 0 Å². The van der Waals surface area contributed by atoms with Crippen LogP contribution in [-0.4, -0.2) is 13.1 Å². The molecule has 0 saturated carbocycles. The zero-order valence-corrected chi connectivity index (χ0v) is 9.35. The molecule has 0 aliphatic carbocycles. The Morgan fingerprint density at radius 3 is 1.64 bits per heavy atom. The van der Waals surface area contributed by atoms with E-state index in [-0.39, 0.29) is 0 Å². The van der Waals surface area contributed by atoms with E-state index in [0.717, 1.165) is 24.9 Å². The molecule has 0 unspecified atom stereocenters. The average molecular weight is 174 g/mol. The van der Waals surface area contributed by atoms with Gasteiger partial charge < -0.3 is 4.80 Å². The standard InChI is InChI=1S/C9H22OSi/c1-5-7-11(10,8-6-2)9(3)4/h9-10H,5-8H2,1-4H3. The van der Waals surface area contributed by atoms with Crippen LogP contribution in [-0.2, 0) is 0 Å². The molecule has 0 aromatic carbocycles. The molecule has 68 valence electrons. The Balaban J connectivity index is 4.01. The minimum atomic E-state index is -1.83. The van der Waals surface area contributed by atoms with Gasteiger partial charge in [-0.2, -0.15) is 0 Å². The van der Waals surface area contributed by atoms with E-state index in [4.69, 9.17) is 0 Å². The third-order valence-corrected chi connectivity index (χ3v) is 7.32. The van der Waals surface area contributed by atoms with Gasteiger partial charge in [0.05, 0.1) is 0 Å². The summed E-state index contributed by atoms with van der Waals surface area (Å²) in [5, 5.41) is 0. The Morgan fingerprint density at radius 1 is 1.09 bits per heavy atom. The fraction of sp³-hybridized carbons (Fsp3) is 1.00. The van der Waals surface area contributed by atoms with Crippen LogP contribution in [0.3, 0.4) is 0 Å². The van der Waals surface area contributed by atoms with E-state index in [9.17, 15) is 4.80 Å². The second kappa shape index (κ2) is 4.94. The van der Waals surface area contributed by atoms with Crippen LogP contribution in [0, 0.1) is 0 Å². The van der Waals surface area contributed by atoms with Crippen LogP contribution in [0.25, 0.3) is 0 Å². The van der Waals surface area contributed by atoms with Crippen LogP contribution in [0.4, 0.5) is 0 Å². The van der Waals surface area contributed by atoms with Crippen molar-refractivity contribution in [2.75, 3.05) is 0 Å². The summed E-state index contributed by atoms with van der Waals surface area (Å²) in [6.07, 6.45) is 2.28. The molecule has 2 heteroatoms. The summed E-state index contributed by atoms with van der Waals surface area (Å²) in [6.45, 7) is 8.65. The largest absolute Gasteiger partial charge is 0.431 e. The van der Waals surface area contributed by atoms with Gasteiger partial charge in [-0.3, -0.25) is 0 Å². The van der Waals surface area contributed by atoms with Crippen molar-refractivity contribution in [1.29, 1.82) is 0 Å². The third kappa shape index (κ3) is 3.39. The molecule has 1 nitrogen and oxygen atoms in total. The molecule has 0 amide bonds. The first-order valence-electron chi connectivity index (χ1n) is 4.79. The van der Waals surface area contributed by atoms with Crippen molar-refractivity contribution in [3.63, 3.8) is 0 Å². The Labute approximate surface area is 72.0 Å². The van der Waals surface area contributed by atoms with Crippen LogP contribution >= 0.6 is 0 Å². The molecule has 0 bridgehead atoms. The van der Waals surface area contributed by atoms with E-state index in [0.29, 0.717) is 5.54 Å². The normalized spacial score (nSPS) is 12.5. The minimum Gasteiger partial charge on any atom is -0.431 e. The molecule has 0 radical (unpaired) electrons. The van der Waals surface area contributed by atoms with Gasteiger partial charge >= 0.3 is 0 Å². The zero-order chi connectivity index (χ0) is 8.91. The van der Waals surface area contributed by atoms with Gasteiger partial charge in [0.15, 0.2) is 8.32 Å². The van der Waals surface area contributed by atoms with E-state index in [1.807, 2.05) is 0 Å². The Hall–Kier alpha value is 0.177. The maximum absolute atomic E-state index is 10.2. The third-order valence-electron chi connectivity index (χ3n) is 2.44. The lowest BCUT2D eigenvalue weighted by molar-refractivity contribution is 0.502. The van der Waals surface area contributed by atoms with Gasteiger partial charge in [-0.05, 0) is 17.6 Å². The highest BCUT2D eigenvalue weighted by Gasteiger charge is 2.32. The van der Waals surface area contributed by atoms with Gasteiger partial charge in [-0.25, -0.2) is 0 Å². The molecule has 0 atom stereocenters. The van der Waals surface area contributed by atoms with Crippen LogP contribution in [0.15, 0.2) is 0 Å². The van der Waals surface area contributed by atoms with Gasteiger partial charge in [-0.1, -0.05) is 40.5 Å². The molecular weight excluding hydrogens is 152 g/mol. The molecule has 0 rings (SSSR count). The van der Waals surface area contributed by atoms with Crippen molar-refractivity contribution >= 4 is 8.32 Å². The summed E-state index contributed by atoms with van der Waals surface area (Å²) in [4.78, 5) is 10.2. The lowest BCUT2D eigenvalue weighted by Gasteiger charge is -2.28. The summed E-state index contributed by atoms with van der Waals surface area (Å²) in [5.41, 5.74) is 0.530. The highest BCUT2D eigenvalue weighted by Crippen LogP contribution is 2.28. The maximum atomic E-state index is 10.2. The molecule has 0 heterocycles. The zero-order valence-electron chi connectivity index (χ0n) is 8.35. The summed E-state index contributed by atoms with van der Waals surface area (Å²) < 4.78 is 0. The molecule has 0 spiro atoms. The summed E-state index contributed by atoms with van der Waals surface area (Å²) in [5.74, 6) is 0. The number of hydrogen-bond donors (Lipinski definition) is 1. The first-order chi connectivity index (χ1) is 5.06. The second-order valence-electron chi connectivity index (χ2n) is 3.76. The Morgan fingerprint density at radius 2 is 1.45 bits per heavy atom. The molecule has 0 saturated heterocycles. The smallest absolute Gasteiger partial charge is 0.191 e. The van der Waals surface area contributed by atoms with Crippen molar-refractivity contribution in [2.24, 2.45) is 0 Å². The van der Waals surface area contributed by atoms with Crippen LogP contribution in [0.5, 0.6) is 0 Å². The van der Waals surface area contributed by atoms with Crippen molar-refractivity contribution in [2.45, 2.75) is 58.2 Å². The topological polar surface area (TPSA) is 20.2 Å². The van der Waals surface area contributed by atoms with E-state index in [1.54, 1.807) is 0 Å². The first kappa shape index (κ1) is 11.2. The summed E-state index contributed by atoms with van der Waals surface area (Å²) >= 11 is 0. The van der Waals surface area contributed by atoms with Gasteiger partial charge in [0.1, 0.15) is 0 Å². The fourth-order valence-electron chi connectivity index (χ4n) is 1.57. The lowest BCUT2D eigenvalue weighted by Crippen LogP contribution is -2.37. The SMILES string of the molecule is CCC[Si](O)(CCC)C(C)C. The Bertz CT molecular complexity index is 95.7. The monoisotopic (exact) mass is 174 g/mol. The van der Waals surface area contributed by atoms with Crippen molar-refractivity contribution in [3.8, 4) is 0 Å². The van der Waals surface area contributed by atoms with Crippen molar-refractivity contribution in [1.82, 2.24) is 0 Å². The lowest BCUT2D eigenvalue weighted by atomic mass is 10.5. The van der Waals surface area contributed by atoms with Crippen molar-refractivity contribution < 1.29 is 4.80 Å². The number of rotatable bonds is 5. The highest BCUT2D eigenvalue weighted by atomic mass is 28.4. The molecule has 0 fully saturated rings. The van der Waals surface area contributed by atoms with E-state index in [1.165, 1.54) is 0 Å². The molecule has 11 heavy (non-hydrogen) atoms. The van der Waals surface area contributed by atoms with Crippen LogP contribution in [0.1, 0.15) is 40.5 Å². The predicted molar refractivity (Wildman–Crippen MR) is 53.3 cm³/mol. The summed E-state index contributed by atoms with van der Waals surface area (Å²) in [6, 6.07) is 2.16. The fourth-order valence-corrected chi connectivity index (χ4v) is 4.70. The molecule has 1 N–H and O–H groups in total. The molecule has 0 aliphatic rings. The minimum absolute atomic E-state index is 0.530. The maximum Gasteiger partial charge on any atom is 0.191 e. The van der Waals surface area contributed by atoms with E-state index < -0.39 is 8.32 Å².